The van der Waals surface area contributed by atoms with Crippen LogP contribution in [0.4, 0.5) is 10.1 Å². The number of rotatable bonds is 3. The van der Waals surface area contributed by atoms with Crippen LogP contribution in [0.5, 0.6) is 5.75 Å². The van der Waals surface area contributed by atoms with E-state index >= 15 is 0 Å². The maximum absolute atomic E-state index is 13.0. The van der Waals surface area contributed by atoms with Crippen LogP contribution >= 0.6 is 0 Å². The highest BCUT2D eigenvalue weighted by molar-refractivity contribution is 5.41. The Morgan fingerprint density at radius 3 is 2.50 bits per heavy atom. The van der Waals surface area contributed by atoms with Crippen molar-refractivity contribution in [2.75, 3.05) is 5.48 Å². The van der Waals surface area contributed by atoms with E-state index < -0.39 is 0 Å². The molecule has 0 aromatic heterocycles. The molecule has 2 nitrogen and oxygen atoms in total. The Kier molecular flexibility index (Phi) is 3.05. The molecule has 0 aliphatic rings. The number of hydrogen-bond donors (Lipinski definition) is 1. The van der Waals surface area contributed by atoms with Gasteiger partial charge < -0.3 is 4.84 Å². The van der Waals surface area contributed by atoms with Crippen molar-refractivity contribution in [3.05, 3.63) is 59.9 Å². The summed E-state index contributed by atoms with van der Waals surface area (Å²) in [6.07, 6.45) is 0. The van der Waals surface area contributed by atoms with E-state index in [2.05, 4.69) is 5.48 Å². The minimum atomic E-state index is -0.230. The Bertz CT molecular complexity index is 471. The van der Waals surface area contributed by atoms with Crippen molar-refractivity contribution in [1.29, 1.82) is 0 Å². The second-order valence-corrected chi connectivity index (χ2v) is 3.48. The summed E-state index contributed by atoms with van der Waals surface area (Å²) in [6, 6.07) is 14.1. The molecule has 0 saturated heterocycles. The van der Waals surface area contributed by atoms with E-state index in [0.29, 0.717) is 11.3 Å². The summed E-state index contributed by atoms with van der Waals surface area (Å²) in [7, 11) is 0. The Morgan fingerprint density at radius 2 is 1.81 bits per heavy atom. The van der Waals surface area contributed by atoms with E-state index in [-0.39, 0.29) is 5.82 Å². The van der Waals surface area contributed by atoms with Crippen LogP contribution in [0.25, 0.3) is 0 Å². The van der Waals surface area contributed by atoms with Gasteiger partial charge in [-0.25, -0.2) is 9.87 Å². The first kappa shape index (κ1) is 10.5. The van der Waals surface area contributed by atoms with Crippen LogP contribution in [-0.4, -0.2) is 0 Å². The predicted molar refractivity (Wildman–Crippen MR) is 61.8 cm³/mol. The summed E-state index contributed by atoms with van der Waals surface area (Å²) in [4.78, 5) is 5.31. The van der Waals surface area contributed by atoms with Crippen molar-refractivity contribution in [2.24, 2.45) is 0 Å². The zero-order valence-corrected chi connectivity index (χ0v) is 8.91. The Labute approximate surface area is 93.6 Å². The molecule has 16 heavy (non-hydrogen) atoms. The van der Waals surface area contributed by atoms with Crippen LogP contribution < -0.4 is 10.3 Å². The minimum absolute atomic E-state index is 0.230. The quantitative estimate of drug-likeness (QED) is 0.794. The summed E-state index contributed by atoms with van der Waals surface area (Å²) < 4.78 is 13.0. The van der Waals surface area contributed by atoms with Crippen LogP contribution in [0.2, 0.25) is 0 Å². The fraction of sp³-hybridized carbons (Fsp3) is 0.0769. The molecule has 0 amide bonds. The van der Waals surface area contributed by atoms with Crippen LogP contribution in [-0.2, 0) is 0 Å². The molecule has 2 rings (SSSR count). The minimum Gasteiger partial charge on any atom is -0.382 e. The molecule has 1 N–H and O–H groups in total. The molecule has 0 aliphatic heterocycles. The average molecular weight is 217 g/mol. The van der Waals surface area contributed by atoms with Crippen molar-refractivity contribution in [3.8, 4) is 5.75 Å². The summed E-state index contributed by atoms with van der Waals surface area (Å²) in [5, 5.41) is 0. The number of benzene rings is 2. The molecule has 0 fully saturated rings. The monoisotopic (exact) mass is 217 g/mol. The number of nitrogens with one attached hydrogen (secondary N) is 1. The first-order valence-corrected chi connectivity index (χ1v) is 5.00. The molecule has 2 aromatic rings. The maximum Gasteiger partial charge on any atom is 0.155 e. The number of halogens is 1. The Morgan fingerprint density at radius 1 is 1.06 bits per heavy atom. The third-order valence-corrected chi connectivity index (χ3v) is 2.19. The topological polar surface area (TPSA) is 21.3 Å². The van der Waals surface area contributed by atoms with E-state index in [0.717, 1.165) is 5.69 Å². The van der Waals surface area contributed by atoms with Gasteiger partial charge in [0, 0.05) is 0 Å². The van der Waals surface area contributed by atoms with Gasteiger partial charge in [0.25, 0.3) is 0 Å². The smallest absolute Gasteiger partial charge is 0.155 e. The van der Waals surface area contributed by atoms with Gasteiger partial charge in [0.1, 0.15) is 5.82 Å². The van der Waals surface area contributed by atoms with E-state index in [9.17, 15) is 4.39 Å². The van der Waals surface area contributed by atoms with Crippen molar-refractivity contribution in [3.63, 3.8) is 0 Å². The zero-order valence-electron chi connectivity index (χ0n) is 8.91. The second kappa shape index (κ2) is 4.66. The third-order valence-electron chi connectivity index (χ3n) is 2.19. The summed E-state index contributed by atoms with van der Waals surface area (Å²) in [5.74, 6) is 0.356. The number of aryl methyl sites for hydroxylation is 1. The molecular formula is C13H12FNO. The van der Waals surface area contributed by atoms with Gasteiger partial charge in [0.05, 0.1) is 5.69 Å². The Hall–Kier alpha value is -2.03. The highest BCUT2D eigenvalue weighted by Gasteiger charge is 1.99. The SMILES string of the molecule is Cc1cc(ONc2ccccc2)ccc1F. The molecule has 0 radical (unpaired) electrons. The van der Waals surface area contributed by atoms with E-state index in [1.807, 2.05) is 30.3 Å². The van der Waals surface area contributed by atoms with Gasteiger partial charge >= 0.3 is 0 Å². The van der Waals surface area contributed by atoms with Gasteiger partial charge in [0.2, 0.25) is 0 Å². The number of hydrogen-bond acceptors (Lipinski definition) is 2. The molecular weight excluding hydrogens is 205 g/mol. The predicted octanol–water partition coefficient (Wildman–Crippen LogP) is 3.54. The van der Waals surface area contributed by atoms with Gasteiger partial charge in [-0.1, -0.05) is 18.2 Å². The molecule has 0 unspecified atom stereocenters. The third kappa shape index (κ3) is 2.51. The molecule has 0 saturated carbocycles. The lowest BCUT2D eigenvalue weighted by atomic mass is 10.2. The fourth-order valence-corrected chi connectivity index (χ4v) is 1.30. The van der Waals surface area contributed by atoms with Crippen molar-refractivity contribution < 1.29 is 9.23 Å². The molecule has 82 valence electrons. The lowest BCUT2D eigenvalue weighted by Gasteiger charge is -2.08. The normalized spacial score (nSPS) is 9.88. The average Bonchev–Trinajstić information content (AvgIpc) is 2.32. The van der Waals surface area contributed by atoms with Crippen LogP contribution in [0.15, 0.2) is 48.5 Å². The van der Waals surface area contributed by atoms with Crippen molar-refractivity contribution in [2.45, 2.75) is 6.92 Å². The highest BCUT2D eigenvalue weighted by atomic mass is 19.1. The maximum atomic E-state index is 13.0. The molecule has 3 heteroatoms. The second-order valence-electron chi connectivity index (χ2n) is 3.48. The van der Waals surface area contributed by atoms with E-state index in [4.69, 9.17) is 4.84 Å². The number of para-hydroxylation sites is 1. The van der Waals surface area contributed by atoms with E-state index in [1.54, 1.807) is 19.1 Å². The van der Waals surface area contributed by atoms with Gasteiger partial charge in [-0.2, -0.15) is 0 Å². The Balaban J connectivity index is 2.03. The molecule has 2 aromatic carbocycles. The first-order valence-electron chi connectivity index (χ1n) is 5.00. The van der Waals surface area contributed by atoms with Crippen LogP contribution in [0, 0.1) is 12.7 Å². The lowest BCUT2D eigenvalue weighted by Crippen LogP contribution is -2.04. The standard InChI is InChI=1S/C13H12FNO/c1-10-9-12(7-8-13(10)14)16-15-11-5-3-2-4-6-11/h2-9,15H,1H3. The summed E-state index contributed by atoms with van der Waals surface area (Å²) in [5.41, 5.74) is 4.20. The van der Waals surface area contributed by atoms with E-state index in [1.165, 1.54) is 6.07 Å². The van der Waals surface area contributed by atoms with Gasteiger partial charge in [-0.3, -0.25) is 0 Å². The van der Waals surface area contributed by atoms with Crippen LogP contribution in [0.3, 0.4) is 0 Å². The molecule has 0 bridgehead atoms. The largest absolute Gasteiger partial charge is 0.382 e. The lowest BCUT2D eigenvalue weighted by molar-refractivity contribution is 0.403. The summed E-state index contributed by atoms with van der Waals surface area (Å²) >= 11 is 0. The van der Waals surface area contributed by atoms with Gasteiger partial charge in [-0.05, 0) is 42.8 Å². The fourth-order valence-electron chi connectivity index (χ4n) is 1.30. The van der Waals surface area contributed by atoms with Gasteiger partial charge in [-0.15, -0.1) is 0 Å². The molecule has 0 atom stereocenters. The van der Waals surface area contributed by atoms with Crippen molar-refractivity contribution in [1.82, 2.24) is 0 Å². The van der Waals surface area contributed by atoms with Crippen LogP contribution in [0.1, 0.15) is 5.56 Å². The molecule has 0 spiro atoms. The summed E-state index contributed by atoms with van der Waals surface area (Å²) in [6.45, 7) is 1.70. The first-order chi connectivity index (χ1) is 7.75. The molecule has 0 heterocycles. The van der Waals surface area contributed by atoms with Gasteiger partial charge in [0.15, 0.2) is 5.75 Å². The number of anilines is 1. The highest BCUT2D eigenvalue weighted by Crippen LogP contribution is 2.16. The molecule has 0 aliphatic carbocycles. The zero-order chi connectivity index (χ0) is 11.4. The van der Waals surface area contributed by atoms with Crippen molar-refractivity contribution >= 4 is 5.69 Å².